The van der Waals surface area contributed by atoms with Gasteiger partial charge in [-0.25, -0.2) is 4.98 Å². The molecule has 1 aromatic carbocycles. The minimum atomic E-state index is -0.0347. The highest BCUT2D eigenvalue weighted by atomic mass is 16.2. The first-order valence-electron chi connectivity index (χ1n) is 7.27. The topological polar surface area (TPSA) is 64.2 Å². The van der Waals surface area contributed by atoms with Gasteiger partial charge in [-0.1, -0.05) is 24.3 Å². The quantitative estimate of drug-likeness (QED) is 0.927. The molecule has 1 atom stereocenters. The molecule has 1 unspecified atom stereocenters. The molecule has 2 aromatic rings. The highest BCUT2D eigenvalue weighted by molar-refractivity contribution is 5.92. The first kappa shape index (κ1) is 13.8. The maximum absolute atomic E-state index is 12.6. The predicted molar refractivity (Wildman–Crippen MR) is 80.9 cm³/mol. The highest BCUT2D eigenvalue weighted by Gasteiger charge is 2.29. The van der Waals surface area contributed by atoms with Crippen molar-refractivity contribution in [2.24, 2.45) is 5.73 Å². The number of nitrogens with zero attached hydrogens (tertiary/aromatic N) is 3. The minimum absolute atomic E-state index is 0.0347. The third kappa shape index (κ3) is 2.56. The van der Waals surface area contributed by atoms with Gasteiger partial charge < -0.3 is 15.2 Å². The number of aryl methyl sites for hydroxylation is 1. The number of imidazole rings is 1. The van der Waals surface area contributed by atoms with E-state index in [1.807, 2.05) is 17.7 Å². The normalized spacial score (nSPS) is 16.8. The van der Waals surface area contributed by atoms with Gasteiger partial charge in [-0.2, -0.15) is 0 Å². The lowest BCUT2D eigenvalue weighted by atomic mass is 10.1. The average Bonchev–Trinajstić information content (AvgIpc) is 3.13. The molecule has 0 spiro atoms. The van der Waals surface area contributed by atoms with Crippen LogP contribution in [0.15, 0.2) is 36.8 Å². The van der Waals surface area contributed by atoms with Gasteiger partial charge in [0, 0.05) is 26.3 Å². The zero-order valence-electron chi connectivity index (χ0n) is 12.2. The van der Waals surface area contributed by atoms with E-state index in [1.165, 1.54) is 11.1 Å². The molecule has 0 aliphatic heterocycles. The summed E-state index contributed by atoms with van der Waals surface area (Å²) >= 11 is 0. The van der Waals surface area contributed by atoms with Crippen LogP contribution in [0.5, 0.6) is 0 Å². The molecule has 1 aliphatic rings. The third-order valence-electron chi connectivity index (χ3n) is 4.13. The Morgan fingerprint density at radius 3 is 3.10 bits per heavy atom. The Hall–Kier alpha value is -2.14. The van der Waals surface area contributed by atoms with Crippen LogP contribution in [0.3, 0.4) is 0 Å². The van der Waals surface area contributed by atoms with Crippen LogP contribution in [0, 0.1) is 0 Å². The molecule has 1 aromatic heterocycles. The molecular formula is C16H20N4O. The fourth-order valence-corrected chi connectivity index (χ4v) is 3.00. The van der Waals surface area contributed by atoms with Gasteiger partial charge in [-0.15, -0.1) is 0 Å². The molecule has 5 nitrogen and oxygen atoms in total. The molecule has 1 aliphatic carbocycles. The van der Waals surface area contributed by atoms with Gasteiger partial charge in [-0.3, -0.25) is 4.79 Å². The Labute approximate surface area is 124 Å². The zero-order valence-corrected chi connectivity index (χ0v) is 12.2. The minimum Gasteiger partial charge on any atom is -0.335 e. The maximum atomic E-state index is 12.6. The van der Waals surface area contributed by atoms with Gasteiger partial charge in [0.1, 0.15) is 5.69 Å². The van der Waals surface area contributed by atoms with Gasteiger partial charge in [0.15, 0.2) is 0 Å². The number of aromatic nitrogens is 2. The number of amides is 1. The highest BCUT2D eigenvalue weighted by Crippen LogP contribution is 2.35. The van der Waals surface area contributed by atoms with Crippen LogP contribution in [-0.2, 0) is 13.0 Å². The molecule has 110 valence electrons. The summed E-state index contributed by atoms with van der Waals surface area (Å²) in [6.45, 7) is 1.21. The monoisotopic (exact) mass is 284 g/mol. The van der Waals surface area contributed by atoms with Crippen molar-refractivity contribution >= 4 is 5.91 Å². The van der Waals surface area contributed by atoms with E-state index in [2.05, 4.69) is 23.2 Å². The van der Waals surface area contributed by atoms with Crippen LogP contribution in [0.25, 0.3) is 0 Å². The number of carbonyl (C=O) groups is 1. The number of carbonyl (C=O) groups excluding carboxylic acids is 1. The summed E-state index contributed by atoms with van der Waals surface area (Å²) in [7, 11) is 1.86. The Bertz CT molecular complexity index is 649. The van der Waals surface area contributed by atoms with Gasteiger partial charge >= 0.3 is 0 Å². The predicted octanol–water partition coefficient (Wildman–Crippen LogP) is 1.60. The molecule has 2 N–H and O–H groups in total. The van der Waals surface area contributed by atoms with Crippen molar-refractivity contribution in [1.82, 2.24) is 14.5 Å². The molecule has 5 heteroatoms. The van der Waals surface area contributed by atoms with Crippen molar-refractivity contribution in [3.63, 3.8) is 0 Å². The Kier molecular flexibility index (Phi) is 3.75. The first-order chi connectivity index (χ1) is 10.2. The number of benzene rings is 1. The number of nitrogens with two attached hydrogens (primary N) is 1. The summed E-state index contributed by atoms with van der Waals surface area (Å²) in [5, 5.41) is 0. The smallest absolute Gasteiger partial charge is 0.274 e. The molecule has 0 bridgehead atoms. The van der Waals surface area contributed by atoms with Crippen LogP contribution in [0.2, 0.25) is 0 Å². The van der Waals surface area contributed by atoms with Gasteiger partial charge in [-0.05, 0) is 24.0 Å². The van der Waals surface area contributed by atoms with Crippen LogP contribution >= 0.6 is 0 Å². The van der Waals surface area contributed by atoms with Crippen LogP contribution in [0.1, 0.15) is 34.1 Å². The molecule has 0 saturated heterocycles. The standard InChI is InChI=1S/C16H20N4O/c1-19(15-7-6-12-4-2-3-5-13(12)15)16(21)14-10-20(9-8-17)11-18-14/h2-5,10-11,15H,6-9,17H2,1H3. The van der Waals surface area contributed by atoms with Crippen molar-refractivity contribution in [3.8, 4) is 0 Å². The summed E-state index contributed by atoms with van der Waals surface area (Å²) < 4.78 is 1.85. The van der Waals surface area contributed by atoms with E-state index in [-0.39, 0.29) is 11.9 Å². The van der Waals surface area contributed by atoms with E-state index in [0.717, 1.165) is 12.8 Å². The van der Waals surface area contributed by atoms with Crippen molar-refractivity contribution in [3.05, 3.63) is 53.6 Å². The lowest BCUT2D eigenvalue weighted by Gasteiger charge is -2.24. The van der Waals surface area contributed by atoms with Gasteiger partial charge in [0.2, 0.25) is 0 Å². The molecule has 3 rings (SSSR count). The van der Waals surface area contributed by atoms with Crippen molar-refractivity contribution in [2.45, 2.75) is 25.4 Å². The van der Waals surface area contributed by atoms with E-state index in [9.17, 15) is 4.79 Å². The number of hydrogen-bond donors (Lipinski definition) is 1. The van der Waals surface area contributed by atoms with Crippen molar-refractivity contribution in [1.29, 1.82) is 0 Å². The van der Waals surface area contributed by atoms with Crippen molar-refractivity contribution in [2.75, 3.05) is 13.6 Å². The Balaban J connectivity index is 1.79. The largest absolute Gasteiger partial charge is 0.335 e. The third-order valence-corrected chi connectivity index (χ3v) is 4.13. The molecular weight excluding hydrogens is 264 g/mol. The van der Waals surface area contributed by atoms with E-state index in [4.69, 9.17) is 5.73 Å². The summed E-state index contributed by atoms with van der Waals surface area (Å²) in [6, 6.07) is 8.49. The molecule has 1 heterocycles. The van der Waals surface area contributed by atoms with Crippen LogP contribution < -0.4 is 5.73 Å². The summed E-state index contributed by atoms with van der Waals surface area (Å²) in [5.74, 6) is -0.0347. The average molecular weight is 284 g/mol. The second-order valence-electron chi connectivity index (χ2n) is 5.45. The lowest BCUT2D eigenvalue weighted by Crippen LogP contribution is -2.30. The molecule has 0 saturated carbocycles. The number of hydrogen-bond acceptors (Lipinski definition) is 3. The van der Waals surface area contributed by atoms with Crippen LogP contribution in [0.4, 0.5) is 0 Å². The van der Waals surface area contributed by atoms with Gasteiger partial charge in [0.05, 0.1) is 12.4 Å². The van der Waals surface area contributed by atoms with Crippen LogP contribution in [-0.4, -0.2) is 34.0 Å². The SMILES string of the molecule is CN(C(=O)c1cn(CCN)cn1)C1CCc2ccccc21. The van der Waals surface area contributed by atoms with E-state index >= 15 is 0 Å². The number of rotatable bonds is 4. The summed E-state index contributed by atoms with van der Waals surface area (Å²) in [5.41, 5.74) is 8.60. The van der Waals surface area contributed by atoms with E-state index < -0.39 is 0 Å². The van der Waals surface area contributed by atoms with E-state index in [0.29, 0.717) is 18.8 Å². The van der Waals surface area contributed by atoms with Crippen molar-refractivity contribution < 1.29 is 4.79 Å². The summed E-state index contributed by atoms with van der Waals surface area (Å²) in [6.07, 6.45) is 5.44. The Morgan fingerprint density at radius 1 is 1.48 bits per heavy atom. The Morgan fingerprint density at radius 2 is 2.29 bits per heavy atom. The summed E-state index contributed by atoms with van der Waals surface area (Å²) in [4.78, 5) is 18.6. The first-order valence-corrected chi connectivity index (χ1v) is 7.27. The fourth-order valence-electron chi connectivity index (χ4n) is 3.00. The maximum Gasteiger partial charge on any atom is 0.274 e. The lowest BCUT2D eigenvalue weighted by molar-refractivity contribution is 0.0725. The zero-order chi connectivity index (χ0) is 14.8. The number of fused-ring (bicyclic) bond motifs is 1. The molecule has 0 fully saturated rings. The second kappa shape index (κ2) is 5.69. The van der Waals surface area contributed by atoms with E-state index in [1.54, 1.807) is 17.4 Å². The second-order valence-corrected chi connectivity index (χ2v) is 5.45. The molecule has 21 heavy (non-hydrogen) atoms. The molecule has 1 amide bonds. The van der Waals surface area contributed by atoms with Gasteiger partial charge in [0.25, 0.3) is 5.91 Å². The fraction of sp³-hybridized carbons (Fsp3) is 0.375. The molecule has 0 radical (unpaired) electrons.